The van der Waals surface area contributed by atoms with Gasteiger partial charge >= 0.3 is 0 Å². The number of benzene rings is 1. The highest BCUT2D eigenvalue weighted by atomic mass is 32.2. The van der Waals surface area contributed by atoms with Gasteiger partial charge in [0.2, 0.25) is 10.0 Å². The Hall–Kier alpha value is -1.13. The molecule has 0 aliphatic carbocycles. The minimum atomic E-state index is -3.62. The molecule has 0 spiro atoms. The van der Waals surface area contributed by atoms with Gasteiger partial charge in [-0.1, -0.05) is 30.9 Å². The van der Waals surface area contributed by atoms with Gasteiger partial charge < -0.3 is 0 Å². The Kier molecular flexibility index (Phi) is 2.30. The van der Waals surface area contributed by atoms with Crippen LogP contribution in [0.5, 0.6) is 0 Å². The fourth-order valence-corrected chi connectivity index (χ4v) is 1.66. The Morgan fingerprint density at radius 1 is 1.33 bits per heavy atom. The molecular formula is C8H9NO2S. The number of nitrogens with two attached hydrogens (primary N) is 1. The summed E-state index contributed by atoms with van der Waals surface area (Å²) in [4.78, 5) is 0.111. The molecule has 1 rings (SSSR count). The van der Waals surface area contributed by atoms with E-state index in [2.05, 4.69) is 6.58 Å². The quantitative estimate of drug-likeness (QED) is 0.742. The van der Waals surface area contributed by atoms with Gasteiger partial charge in [-0.2, -0.15) is 0 Å². The first-order valence-corrected chi connectivity index (χ1v) is 4.84. The monoisotopic (exact) mass is 183 g/mol. The molecule has 3 nitrogen and oxygen atoms in total. The van der Waals surface area contributed by atoms with E-state index >= 15 is 0 Å². The summed E-state index contributed by atoms with van der Waals surface area (Å²) < 4.78 is 21.9. The highest BCUT2D eigenvalue weighted by Gasteiger charge is 2.09. The maximum atomic E-state index is 10.9. The first-order chi connectivity index (χ1) is 5.55. The fraction of sp³-hybridized carbons (Fsp3) is 0. The van der Waals surface area contributed by atoms with Gasteiger partial charge in [0, 0.05) is 0 Å². The molecule has 0 amide bonds. The van der Waals surface area contributed by atoms with Crippen LogP contribution in [0.1, 0.15) is 5.56 Å². The Balaban J connectivity index is 3.43. The van der Waals surface area contributed by atoms with Gasteiger partial charge in [0.25, 0.3) is 0 Å². The lowest BCUT2D eigenvalue weighted by atomic mass is 10.2. The minimum absolute atomic E-state index is 0.111. The van der Waals surface area contributed by atoms with E-state index in [-0.39, 0.29) is 4.90 Å². The van der Waals surface area contributed by atoms with E-state index < -0.39 is 10.0 Å². The van der Waals surface area contributed by atoms with Crippen LogP contribution in [0.3, 0.4) is 0 Å². The van der Waals surface area contributed by atoms with Crippen LogP contribution in [-0.2, 0) is 10.0 Å². The van der Waals surface area contributed by atoms with Gasteiger partial charge in [0.15, 0.2) is 0 Å². The van der Waals surface area contributed by atoms with Crippen molar-refractivity contribution in [2.75, 3.05) is 0 Å². The molecule has 4 heteroatoms. The first kappa shape index (κ1) is 8.96. The Bertz CT molecular complexity index is 395. The van der Waals surface area contributed by atoms with Crippen LogP contribution in [0.15, 0.2) is 35.7 Å². The predicted molar refractivity (Wildman–Crippen MR) is 47.9 cm³/mol. The summed E-state index contributed by atoms with van der Waals surface area (Å²) in [6.07, 6.45) is 1.46. The van der Waals surface area contributed by atoms with Crippen molar-refractivity contribution in [3.05, 3.63) is 36.4 Å². The average Bonchev–Trinajstić information content (AvgIpc) is 2.03. The van der Waals surface area contributed by atoms with Crippen LogP contribution in [0.4, 0.5) is 0 Å². The van der Waals surface area contributed by atoms with Crippen LogP contribution >= 0.6 is 0 Å². The summed E-state index contributed by atoms with van der Waals surface area (Å²) in [5, 5.41) is 4.96. The lowest BCUT2D eigenvalue weighted by Gasteiger charge is -2.01. The van der Waals surface area contributed by atoms with Gasteiger partial charge in [-0.05, 0) is 11.6 Å². The molecule has 0 saturated carbocycles. The summed E-state index contributed by atoms with van der Waals surface area (Å²) in [5.41, 5.74) is 0.528. The van der Waals surface area contributed by atoms with Gasteiger partial charge in [-0.25, -0.2) is 13.6 Å². The molecule has 0 atom stereocenters. The van der Waals surface area contributed by atoms with E-state index in [4.69, 9.17) is 5.14 Å². The smallest absolute Gasteiger partial charge is 0.225 e. The highest BCUT2D eigenvalue weighted by molar-refractivity contribution is 7.89. The molecular weight excluding hydrogens is 174 g/mol. The van der Waals surface area contributed by atoms with Crippen molar-refractivity contribution in [2.45, 2.75) is 4.90 Å². The molecule has 1 aromatic rings. The SMILES string of the molecule is C=Cc1ccccc1S(N)(=O)=O. The third kappa shape index (κ3) is 1.72. The van der Waals surface area contributed by atoms with Crippen molar-refractivity contribution in [3.8, 4) is 0 Å². The molecule has 0 radical (unpaired) electrons. The van der Waals surface area contributed by atoms with Crippen molar-refractivity contribution in [1.29, 1.82) is 0 Å². The molecule has 0 fully saturated rings. The Morgan fingerprint density at radius 3 is 2.33 bits per heavy atom. The summed E-state index contributed by atoms with van der Waals surface area (Å²) in [6, 6.07) is 6.44. The molecule has 1 aromatic carbocycles. The third-order valence-corrected chi connectivity index (χ3v) is 2.43. The second-order valence-corrected chi connectivity index (χ2v) is 3.82. The lowest BCUT2D eigenvalue weighted by molar-refractivity contribution is 0.597. The molecule has 0 saturated heterocycles. The molecule has 0 aliphatic rings. The minimum Gasteiger partial charge on any atom is -0.225 e. The van der Waals surface area contributed by atoms with Gasteiger partial charge in [0.05, 0.1) is 4.90 Å². The highest BCUT2D eigenvalue weighted by Crippen LogP contribution is 2.13. The predicted octanol–water partition coefficient (Wildman–Crippen LogP) is 0.977. The first-order valence-electron chi connectivity index (χ1n) is 3.30. The zero-order valence-corrected chi connectivity index (χ0v) is 7.21. The molecule has 0 aromatic heterocycles. The average molecular weight is 183 g/mol. The van der Waals surface area contributed by atoms with Crippen LogP contribution in [0.2, 0.25) is 0 Å². The maximum Gasteiger partial charge on any atom is 0.238 e. The van der Waals surface area contributed by atoms with Gasteiger partial charge in [-0.15, -0.1) is 0 Å². The standard InChI is InChI=1S/C8H9NO2S/c1-2-7-5-3-4-6-8(7)12(9,10)11/h2-6H,1H2,(H2,9,10,11). The zero-order chi connectivity index (χ0) is 9.19. The summed E-state index contributed by atoms with van der Waals surface area (Å²) in [6.45, 7) is 3.49. The number of primary sulfonamides is 1. The van der Waals surface area contributed by atoms with E-state index in [1.807, 2.05) is 0 Å². The number of hydrogen-bond donors (Lipinski definition) is 1. The van der Waals surface area contributed by atoms with Crippen molar-refractivity contribution < 1.29 is 8.42 Å². The van der Waals surface area contributed by atoms with Crippen LogP contribution in [0, 0.1) is 0 Å². The number of hydrogen-bond acceptors (Lipinski definition) is 2. The van der Waals surface area contributed by atoms with Crippen LogP contribution < -0.4 is 5.14 Å². The topological polar surface area (TPSA) is 60.2 Å². The van der Waals surface area contributed by atoms with E-state index in [1.54, 1.807) is 18.2 Å². The summed E-state index contributed by atoms with van der Waals surface area (Å²) in [7, 11) is -3.62. The zero-order valence-electron chi connectivity index (χ0n) is 6.40. The maximum absolute atomic E-state index is 10.9. The molecule has 0 heterocycles. The molecule has 0 bridgehead atoms. The second-order valence-electron chi connectivity index (χ2n) is 2.29. The molecule has 0 unspecified atom stereocenters. The van der Waals surface area contributed by atoms with Crippen molar-refractivity contribution in [1.82, 2.24) is 0 Å². The van der Waals surface area contributed by atoms with Gasteiger partial charge in [-0.3, -0.25) is 0 Å². The molecule has 64 valence electrons. The summed E-state index contributed by atoms with van der Waals surface area (Å²) >= 11 is 0. The van der Waals surface area contributed by atoms with E-state index in [1.165, 1.54) is 12.1 Å². The van der Waals surface area contributed by atoms with Crippen molar-refractivity contribution in [3.63, 3.8) is 0 Å². The molecule has 0 aliphatic heterocycles. The second kappa shape index (κ2) is 3.08. The van der Waals surface area contributed by atoms with Crippen molar-refractivity contribution >= 4 is 16.1 Å². The van der Waals surface area contributed by atoms with E-state index in [0.717, 1.165) is 0 Å². The van der Waals surface area contributed by atoms with Gasteiger partial charge in [0.1, 0.15) is 0 Å². The Labute approximate surface area is 71.6 Å². The lowest BCUT2D eigenvalue weighted by Crippen LogP contribution is -2.13. The van der Waals surface area contributed by atoms with E-state index in [0.29, 0.717) is 5.56 Å². The number of sulfonamides is 1. The normalized spacial score (nSPS) is 11.1. The third-order valence-electron chi connectivity index (χ3n) is 1.45. The van der Waals surface area contributed by atoms with E-state index in [9.17, 15) is 8.42 Å². The molecule has 2 N–H and O–H groups in total. The van der Waals surface area contributed by atoms with Crippen LogP contribution in [0.25, 0.3) is 6.08 Å². The van der Waals surface area contributed by atoms with Crippen LogP contribution in [-0.4, -0.2) is 8.42 Å². The largest absolute Gasteiger partial charge is 0.238 e. The summed E-state index contributed by atoms with van der Waals surface area (Å²) in [5.74, 6) is 0. The van der Waals surface area contributed by atoms with Crippen molar-refractivity contribution in [2.24, 2.45) is 5.14 Å². The number of rotatable bonds is 2. The fourth-order valence-electron chi connectivity index (χ4n) is 0.908. The molecule has 12 heavy (non-hydrogen) atoms. The Morgan fingerprint density at radius 2 is 1.92 bits per heavy atom.